The minimum atomic E-state index is -0.467. The molecule has 0 aliphatic carbocycles. The van der Waals surface area contributed by atoms with Gasteiger partial charge in [0.1, 0.15) is 6.21 Å². The van der Waals surface area contributed by atoms with Crippen molar-refractivity contribution in [2.75, 3.05) is 11.9 Å². The number of nitrogens with zero attached hydrogens (tertiary/aromatic N) is 2. The van der Waals surface area contributed by atoms with Crippen LogP contribution in [0, 0.1) is 13.8 Å². The summed E-state index contributed by atoms with van der Waals surface area (Å²) in [7, 11) is 0. The maximum Gasteiger partial charge on any atom is 0.270 e. The molecule has 0 saturated carbocycles. The third-order valence-electron chi connectivity index (χ3n) is 4.59. The SMILES string of the molecule is Cc1cc(C)c(NC(=O)C=NOCC(=O)N2C(C)CCCC2C)c(Cl)c1. The van der Waals surface area contributed by atoms with Crippen LogP contribution in [0.3, 0.4) is 0 Å². The third kappa shape index (κ3) is 5.21. The van der Waals surface area contributed by atoms with Gasteiger partial charge >= 0.3 is 0 Å². The molecule has 2 atom stereocenters. The van der Waals surface area contributed by atoms with E-state index in [1.165, 1.54) is 0 Å². The number of anilines is 1. The minimum absolute atomic E-state index is 0.111. The molecule has 1 N–H and O–H groups in total. The quantitative estimate of drug-likeness (QED) is 0.626. The van der Waals surface area contributed by atoms with Gasteiger partial charge < -0.3 is 15.1 Å². The molecule has 7 heteroatoms. The van der Waals surface area contributed by atoms with E-state index in [2.05, 4.69) is 10.5 Å². The van der Waals surface area contributed by atoms with Gasteiger partial charge in [-0.25, -0.2) is 0 Å². The molecule has 1 aromatic carbocycles. The molecule has 26 heavy (non-hydrogen) atoms. The summed E-state index contributed by atoms with van der Waals surface area (Å²) in [5.74, 6) is -0.578. The number of benzene rings is 1. The zero-order chi connectivity index (χ0) is 19.3. The Hall–Kier alpha value is -2.08. The second-order valence-electron chi connectivity index (χ2n) is 6.87. The molecule has 1 aliphatic heterocycles. The Morgan fingerprint density at radius 3 is 2.58 bits per heavy atom. The lowest BCUT2D eigenvalue weighted by atomic mass is 9.97. The van der Waals surface area contributed by atoms with Crippen molar-refractivity contribution in [2.24, 2.45) is 5.16 Å². The molecule has 6 nitrogen and oxygen atoms in total. The number of rotatable bonds is 5. The fraction of sp³-hybridized carbons (Fsp3) is 0.526. The summed E-state index contributed by atoms with van der Waals surface area (Å²) in [6.45, 7) is 7.70. The summed E-state index contributed by atoms with van der Waals surface area (Å²) < 4.78 is 0. The lowest BCUT2D eigenvalue weighted by molar-refractivity contribution is -0.142. The Kier molecular flexibility index (Phi) is 7.03. The highest BCUT2D eigenvalue weighted by Crippen LogP contribution is 2.27. The molecule has 1 saturated heterocycles. The van der Waals surface area contributed by atoms with Gasteiger partial charge in [-0.2, -0.15) is 0 Å². The maximum absolute atomic E-state index is 12.3. The van der Waals surface area contributed by atoms with Crippen molar-refractivity contribution in [3.63, 3.8) is 0 Å². The minimum Gasteiger partial charge on any atom is -0.386 e. The number of halogens is 1. The van der Waals surface area contributed by atoms with Gasteiger partial charge in [-0.1, -0.05) is 22.8 Å². The first-order chi connectivity index (χ1) is 12.3. The van der Waals surface area contributed by atoms with Crippen LogP contribution in [0.15, 0.2) is 17.3 Å². The number of hydrogen-bond donors (Lipinski definition) is 1. The van der Waals surface area contributed by atoms with Gasteiger partial charge in [0.15, 0.2) is 6.61 Å². The zero-order valence-electron chi connectivity index (χ0n) is 15.7. The van der Waals surface area contributed by atoms with E-state index in [9.17, 15) is 9.59 Å². The first-order valence-corrected chi connectivity index (χ1v) is 9.21. The van der Waals surface area contributed by atoms with E-state index >= 15 is 0 Å². The average molecular weight is 380 g/mol. The van der Waals surface area contributed by atoms with Gasteiger partial charge in [0.25, 0.3) is 11.8 Å². The number of amides is 2. The second-order valence-corrected chi connectivity index (χ2v) is 7.27. The van der Waals surface area contributed by atoms with Gasteiger partial charge in [0.05, 0.1) is 10.7 Å². The Bertz CT molecular complexity index is 672. The van der Waals surface area contributed by atoms with Crippen molar-refractivity contribution < 1.29 is 14.4 Å². The highest BCUT2D eigenvalue weighted by Gasteiger charge is 2.28. The largest absolute Gasteiger partial charge is 0.386 e. The smallest absolute Gasteiger partial charge is 0.270 e. The topological polar surface area (TPSA) is 71.0 Å². The van der Waals surface area contributed by atoms with E-state index in [1.807, 2.05) is 38.7 Å². The van der Waals surface area contributed by atoms with Crippen molar-refractivity contribution in [3.8, 4) is 0 Å². The number of likely N-dealkylation sites (tertiary alicyclic amines) is 1. The van der Waals surface area contributed by atoms with Crippen LogP contribution >= 0.6 is 11.6 Å². The number of piperidine rings is 1. The fourth-order valence-electron chi connectivity index (χ4n) is 3.39. The Balaban J connectivity index is 1.85. The second kappa shape index (κ2) is 9.03. The summed E-state index contributed by atoms with van der Waals surface area (Å²) in [6, 6.07) is 4.11. The number of carbonyl (C=O) groups is 2. The molecule has 0 spiro atoms. The predicted molar refractivity (Wildman–Crippen MR) is 104 cm³/mol. The summed E-state index contributed by atoms with van der Waals surface area (Å²) in [6.07, 6.45) is 4.13. The molecule has 1 heterocycles. The van der Waals surface area contributed by atoms with E-state index < -0.39 is 5.91 Å². The van der Waals surface area contributed by atoms with Crippen LogP contribution in [0.1, 0.15) is 44.2 Å². The van der Waals surface area contributed by atoms with Gasteiger partial charge in [-0.3, -0.25) is 9.59 Å². The van der Waals surface area contributed by atoms with Crippen LogP contribution in [-0.2, 0) is 14.4 Å². The van der Waals surface area contributed by atoms with Crippen LogP contribution < -0.4 is 5.32 Å². The number of carbonyl (C=O) groups excluding carboxylic acids is 2. The van der Waals surface area contributed by atoms with Crippen molar-refractivity contribution in [1.29, 1.82) is 0 Å². The van der Waals surface area contributed by atoms with Gasteiger partial charge in [0, 0.05) is 12.1 Å². The summed E-state index contributed by atoms with van der Waals surface area (Å²) in [4.78, 5) is 31.1. The van der Waals surface area contributed by atoms with Crippen LogP contribution in [0.4, 0.5) is 5.69 Å². The molecular weight excluding hydrogens is 354 g/mol. The molecule has 2 unspecified atom stereocenters. The Morgan fingerprint density at radius 2 is 1.96 bits per heavy atom. The molecule has 1 fully saturated rings. The number of nitrogens with one attached hydrogen (secondary N) is 1. The van der Waals surface area contributed by atoms with Crippen molar-refractivity contribution in [1.82, 2.24) is 4.90 Å². The van der Waals surface area contributed by atoms with Gasteiger partial charge in [-0.15, -0.1) is 0 Å². The van der Waals surface area contributed by atoms with E-state index in [0.29, 0.717) is 10.7 Å². The molecule has 1 aliphatic rings. The third-order valence-corrected chi connectivity index (χ3v) is 4.89. The predicted octanol–water partition coefficient (Wildman–Crippen LogP) is 3.69. The monoisotopic (exact) mass is 379 g/mol. The number of aryl methyl sites for hydroxylation is 2. The average Bonchev–Trinajstić information content (AvgIpc) is 2.55. The number of oxime groups is 1. The highest BCUT2D eigenvalue weighted by molar-refractivity contribution is 6.37. The van der Waals surface area contributed by atoms with E-state index in [-0.39, 0.29) is 24.6 Å². The van der Waals surface area contributed by atoms with E-state index in [0.717, 1.165) is 36.6 Å². The summed E-state index contributed by atoms with van der Waals surface area (Å²) in [5.41, 5.74) is 2.42. The molecule has 2 rings (SSSR count). The summed E-state index contributed by atoms with van der Waals surface area (Å²) in [5, 5.41) is 6.74. The van der Waals surface area contributed by atoms with Crippen LogP contribution in [0.2, 0.25) is 5.02 Å². The molecule has 1 aromatic rings. The standard InChI is InChI=1S/C19H26ClN3O3/c1-12-8-13(2)19(16(20)9-12)22-17(24)10-21-26-11-18(25)23-14(3)6-5-7-15(23)4/h8-10,14-15H,5-7,11H2,1-4H3,(H,22,24). The summed E-state index contributed by atoms with van der Waals surface area (Å²) >= 11 is 6.15. The zero-order valence-corrected chi connectivity index (χ0v) is 16.5. The molecule has 0 aromatic heterocycles. The van der Waals surface area contributed by atoms with Crippen LogP contribution in [0.5, 0.6) is 0 Å². The van der Waals surface area contributed by atoms with Gasteiger partial charge in [0.2, 0.25) is 0 Å². The molecule has 2 amide bonds. The molecular formula is C19H26ClN3O3. The molecule has 0 bridgehead atoms. The normalized spacial score (nSPS) is 20.3. The first-order valence-electron chi connectivity index (χ1n) is 8.83. The van der Waals surface area contributed by atoms with Crippen LogP contribution in [-0.4, -0.2) is 41.6 Å². The highest BCUT2D eigenvalue weighted by atomic mass is 35.5. The Labute approximate surface area is 159 Å². The number of hydrogen-bond acceptors (Lipinski definition) is 4. The maximum atomic E-state index is 12.3. The lowest BCUT2D eigenvalue weighted by Gasteiger charge is -2.38. The lowest BCUT2D eigenvalue weighted by Crippen LogP contribution is -2.48. The van der Waals surface area contributed by atoms with E-state index in [4.69, 9.17) is 16.4 Å². The van der Waals surface area contributed by atoms with E-state index in [1.54, 1.807) is 6.07 Å². The molecule has 142 valence electrons. The fourth-order valence-corrected chi connectivity index (χ4v) is 3.76. The van der Waals surface area contributed by atoms with Crippen molar-refractivity contribution in [3.05, 3.63) is 28.3 Å². The van der Waals surface area contributed by atoms with Gasteiger partial charge in [-0.05, 0) is 64.2 Å². The van der Waals surface area contributed by atoms with Crippen LogP contribution in [0.25, 0.3) is 0 Å². The Morgan fingerprint density at radius 1 is 1.31 bits per heavy atom. The van der Waals surface area contributed by atoms with Crippen molar-refractivity contribution in [2.45, 2.75) is 59.0 Å². The van der Waals surface area contributed by atoms with Crippen molar-refractivity contribution >= 4 is 35.3 Å². The first kappa shape index (κ1) is 20.2. The molecule has 0 radical (unpaired) electrons.